The van der Waals surface area contributed by atoms with Crippen molar-refractivity contribution in [2.45, 2.75) is 52.9 Å². The van der Waals surface area contributed by atoms with Crippen LogP contribution in [-0.2, 0) is 11.2 Å². The van der Waals surface area contributed by atoms with E-state index in [4.69, 9.17) is 13.9 Å². The van der Waals surface area contributed by atoms with Crippen molar-refractivity contribution in [3.8, 4) is 17.2 Å². The number of carbonyl (C=O) groups is 1. The number of aliphatic hydroxyl groups excluding tert-OH is 1. The fourth-order valence-corrected chi connectivity index (χ4v) is 4.43. The van der Waals surface area contributed by atoms with Crippen molar-refractivity contribution in [1.29, 1.82) is 0 Å². The largest absolute Gasteiger partial charge is 0.507 e. The number of aliphatic hydroxyl groups is 2. The smallest absolute Gasteiger partial charge is 0.308 e. The summed E-state index contributed by atoms with van der Waals surface area (Å²) in [7, 11) is 0. The van der Waals surface area contributed by atoms with Gasteiger partial charge in [0.1, 0.15) is 33.4 Å². The highest BCUT2D eigenvalue weighted by Crippen LogP contribution is 2.46. The third-order valence-electron chi connectivity index (χ3n) is 6.50. The van der Waals surface area contributed by atoms with E-state index in [1.165, 1.54) is 19.9 Å². The molecule has 180 valence electrons. The van der Waals surface area contributed by atoms with Crippen LogP contribution in [0.3, 0.4) is 0 Å². The zero-order chi connectivity index (χ0) is 25.1. The van der Waals surface area contributed by atoms with Gasteiger partial charge in [0.25, 0.3) is 0 Å². The van der Waals surface area contributed by atoms with Crippen molar-refractivity contribution >= 4 is 27.9 Å². The zero-order valence-corrected chi connectivity index (χ0v) is 19.8. The summed E-state index contributed by atoms with van der Waals surface area (Å²) in [6.07, 6.45) is -1.09. The third kappa shape index (κ3) is 3.73. The molecule has 3 N–H and O–H groups in total. The first-order valence-electron chi connectivity index (χ1n) is 11.0. The minimum absolute atomic E-state index is 0.0328. The second kappa shape index (κ2) is 8.14. The number of esters is 1. The molecule has 0 saturated carbocycles. The monoisotopic (exact) mass is 468 g/mol. The maximum Gasteiger partial charge on any atom is 0.308 e. The molecule has 3 aromatic rings. The lowest BCUT2D eigenvalue weighted by molar-refractivity contribution is -0.192. The molecule has 4 rings (SSSR count). The van der Waals surface area contributed by atoms with Gasteiger partial charge in [0, 0.05) is 25.5 Å². The van der Waals surface area contributed by atoms with Gasteiger partial charge in [0.15, 0.2) is 5.75 Å². The SMILES string of the molecule is C=C(C(C)C)C(O)C1Cc2c(cc3oc4ccc(C)c(O)c4c(=O)c3c2OC(C)=O)OC1(C)O. The first-order valence-corrected chi connectivity index (χ1v) is 11.0. The summed E-state index contributed by atoms with van der Waals surface area (Å²) in [5.41, 5.74) is 0.973. The number of aromatic hydroxyl groups is 1. The Kier molecular flexibility index (Phi) is 5.70. The quantitative estimate of drug-likeness (QED) is 0.229. The Hall–Kier alpha value is -3.36. The predicted octanol–water partition coefficient (Wildman–Crippen LogP) is 3.72. The number of rotatable bonds is 4. The van der Waals surface area contributed by atoms with Crippen LogP contribution < -0.4 is 14.9 Å². The Bertz CT molecular complexity index is 1400. The molecule has 0 radical (unpaired) electrons. The molecule has 1 aromatic heterocycles. The Balaban J connectivity index is 2.03. The van der Waals surface area contributed by atoms with Crippen molar-refractivity contribution in [2.24, 2.45) is 11.8 Å². The molecule has 0 fully saturated rings. The molecule has 2 aromatic carbocycles. The third-order valence-corrected chi connectivity index (χ3v) is 6.50. The van der Waals surface area contributed by atoms with E-state index >= 15 is 0 Å². The number of hydrogen-bond donors (Lipinski definition) is 3. The van der Waals surface area contributed by atoms with Gasteiger partial charge in [-0.1, -0.05) is 26.5 Å². The van der Waals surface area contributed by atoms with Gasteiger partial charge in [-0.05, 0) is 36.5 Å². The van der Waals surface area contributed by atoms with Crippen LogP contribution >= 0.6 is 0 Å². The summed E-state index contributed by atoms with van der Waals surface area (Å²) in [6, 6.07) is 4.63. The van der Waals surface area contributed by atoms with Crippen molar-refractivity contribution in [2.75, 3.05) is 0 Å². The van der Waals surface area contributed by atoms with Gasteiger partial charge in [-0.3, -0.25) is 9.59 Å². The van der Waals surface area contributed by atoms with Crippen LogP contribution in [0.4, 0.5) is 0 Å². The summed E-state index contributed by atoms with van der Waals surface area (Å²) in [4.78, 5) is 25.5. The van der Waals surface area contributed by atoms with Gasteiger partial charge in [-0.25, -0.2) is 0 Å². The molecule has 0 amide bonds. The summed E-state index contributed by atoms with van der Waals surface area (Å²) >= 11 is 0. The number of ether oxygens (including phenoxy) is 2. The highest BCUT2D eigenvalue weighted by molar-refractivity contribution is 5.98. The van der Waals surface area contributed by atoms with Gasteiger partial charge >= 0.3 is 5.97 Å². The maximum absolute atomic E-state index is 13.5. The number of fused-ring (bicyclic) bond motifs is 3. The average molecular weight is 469 g/mol. The van der Waals surface area contributed by atoms with Crippen LogP contribution in [-0.4, -0.2) is 33.2 Å². The number of carbonyl (C=O) groups excluding carboxylic acids is 1. The van der Waals surface area contributed by atoms with E-state index in [1.807, 2.05) is 13.8 Å². The summed E-state index contributed by atoms with van der Waals surface area (Å²) < 4.78 is 17.2. The number of phenols is 1. The van der Waals surface area contributed by atoms with E-state index in [2.05, 4.69) is 6.58 Å². The first-order chi connectivity index (χ1) is 15.8. The topological polar surface area (TPSA) is 126 Å². The zero-order valence-electron chi connectivity index (χ0n) is 19.8. The summed E-state index contributed by atoms with van der Waals surface area (Å²) in [5.74, 6) is -3.52. The van der Waals surface area contributed by atoms with Crippen LogP contribution in [0.5, 0.6) is 17.2 Å². The van der Waals surface area contributed by atoms with Gasteiger partial charge in [0.05, 0.1) is 12.0 Å². The average Bonchev–Trinajstić information content (AvgIpc) is 2.73. The van der Waals surface area contributed by atoms with Crippen LogP contribution in [0.2, 0.25) is 0 Å². The minimum atomic E-state index is -1.78. The number of aryl methyl sites for hydroxylation is 1. The Morgan fingerprint density at radius 3 is 2.56 bits per heavy atom. The molecule has 0 saturated heterocycles. The normalized spacial score (nSPS) is 20.8. The molecule has 3 unspecified atom stereocenters. The molecule has 8 nitrogen and oxygen atoms in total. The van der Waals surface area contributed by atoms with Crippen LogP contribution in [0.1, 0.15) is 38.8 Å². The van der Waals surface area contributed by atoms with Crippen LogP contribution in [0.15, 0.2) is 39.6 Å². The standard InChI is InChI=1S/C26H28O8/c1-11(2)13(4)23(29)16-9-15-18(34-26(16,6)31)10-19-21(25(15)32-14(5)27)24(30)20-17(33-19)8-7-12(3)22(20)28/h7-8,10-11,16,23,28-29,31H,4,9H2,1-3,5-6H3. The van der Waals surface area contributed by atoms with Crippen molar-refractivity contribution in [1.82, 2.24) is 0 Å². The molecule has 0 bridgehead atoms. The predicted molar refractivity (Wildman–Crippen MR) is 126 cm³/mol. The molecule has 34 heavy (non-hydrogen) atoms. The van der Waals surface area contributed by atoms with Crippen molar-refractivity contribution < 1.29 is 34.0 Å². The van der Waals surface area contributed by atoms with E-state index in [0.717, 1.165) is 0 Å². The van der Waals surface area contributed by atoms with E-state index in [9.17, 15) is 24.9 Å². The Morgan fingerprint density at radius 1 is 1.26 bits per heavy atom. The Labute approximate surface area is 196 Å². The van der Waals surface area contributed by atoms with Crippen LogP contribution in [0, 0.1) is 18.8 Å². The maximum atomic E-state index is 13.5. The molecule has 0 spiro atoms. The second-order valence-electron chi connectivity index (χ2n) is 9.33. The van der Waals surface area contributed by atoms with E-state index in [-0.39, 0.29) is 51.5 Å². The number of benzene rings is 2. The van der Waals surface area contributed by atoms with E-state index in [0.29, 0.717) is 16.7 Å². The lowest BCUT2D eigenvalue weighted by Gasteiger charge is -2.41. The Morgan fingerprint density at radius 2 is 1.94 bits per heavy atom. The molecular weight excluding hydrogens is 440 g/mol. The molecular formula is C26H28O8. The van der Waals surface area contributed by atoms with Crippen LogP contribution in [0.25, 0.3) is 21.9 Å². The summed E-state index contributed by atoms with van der Waals surface area (Å²) in [5, 5.41) is 32.5. The van der Waals surface area contributed by atoms with Crippen molar-refractivity contribution in [3.63, 3.8) is 0 Å². The highest BCUT2D eigenvalue weighted by Gasteiger charge is 2.46. The molecule has 1 aliphatic heterocycles. The number of hydrogen-bond acceptors (Lipinski definition) is 8. The van der Waals surface area contributed by atoms with Gasteiger partial charge in [0.2, 0.25) is 11.2 Å². The molecule has 3 atom stereocenters. The fraction of sp³-hybridized carbons (Fsp3) is 0.385. The molecule has 8 heteroatoms. The van der Waals surface area contributed by atoms with Gasteiger partial charge < -0.3 is 29.2 Å². The van der Waals surface area contributed by atoms with Gasteiger partial charge in [-0.2, -0.15) is 0 Å². The second-order valence-corrected chi connectivity index (χ2v) is 9.33. The molecule has 0 aliphatic carbocycles. The number of phenolic OH excluding ortho intramolecular Hbond substituents is 1. The lowest BCUT2D eigenvalue weighted by atomic mass is 9.79. The van der Waals surface area contributed by atoms with Gasteiger partial charge in [-0.15, -0.1) is 0 Å². The summed E-state index contributed by atoms with van der Waals surface area (Å²) in [6.45, 7) is 12.0. The van der Waals surface area contributed by atoms with E-state index < -0.39 is 29.2 Å². The first kappa shape index (κ1) is 23.8. The fourth-order valence-electron chi connectivity index (χ4n) is 4.43. The lowest BCUT2D eigenvalue weighted by Crippen LogP contribution is -2.51. The van der Waals surface area contributed by atoms with E-state index in [1.54, 1.807) is 19.1 Å². The van der Waals surface area contributed by atoms with Crippen molar-refractivity contribution in [3.05, 3.63) is 51.7 Å². The minimum Gasteiger partial charge on any atom is -0.507 e. The molecule has 2 heterocycles. The highest BCUT2D eigenvalue weighted by atomic mass is 16.6. The molecule has 1 aliphatic rings.